The lowest BCUT2D eigenvalue weighted by Crippen LogP contribution is -2.08. The molecule has 0 aromatic carbocycles. The first-order valence-electron chi connectivity index (χ1n) is 4.39. The molecule has 4 nitrogen and oxygen atoms in total. The van der Waals surface area contributed by atoms with Gasteiger partial charge < -0.3 is 14.2 Å². The van der Waals surface area contributed by atoms with Gasteiger partial charge in [-0.05, 0) is 6.08 Å². The predicted molar refractivity (Wildman–Crippen MR) is 42.0 cm³/mol. The van der Waals surface area contributed by atoms with E-state index in [1.165, 1.54) is 7.11 Å². The third kappa shape index (κ3) is 1.09. The number of rotatable bonds is 1. The third-order valence-electron chi connectivity index (χ3n) is 2.74. The monoisotopic (exact) mass is 182 g/mol. The Morgan fingerprint density at radius 3 is 3.15 bits per heavy atom. The van der Waals surface area contributed by atoms with Gasteiger partial charge in [-0.25, -0.2) is 4.79 Å². The topological polar surface area (TPSA) is 51.4 Å². The minimum atomic E-state index is -0.259. The molecule has 70 valence electrons. The average Bonchev–Trinajstić information content (AvgIpc) is 2.90. The van der Waals surface area contributed by atoms with Gasteiger partial charge in [0.25, 0.3) is 0 Å². The van der Waals surface area contributed by atoms with Gasteiger partial charge in [-0.15, -0.1) is 0 Å². The second-order valence-electron chi connectivity index (χ2n) is 3.59. The fraction of sp³-hybridized carbons (Fsp3) is 0.667. The molecule has 3 rings (SSSR count). The summed E-state index contributed by atoms with van der Waals surface area (Å²) < 4.78 is 15.4. The molecule has 0 N–H and O–H groups in total. The van der Waals surface area contributed by atoms with E-state index >= 15 is 0 Å². The lowest BCUT2D eigenvalue weighted by molar-refractivity contribution is -0.136. The van der Waals surface area contributed by atoms with Gasteiger partial charge in [0.1, 0.15) is 18.3 Å². The maximum absolute atomic E-state index is 11.2. The second kappa shape index (κ2) is 2.33. The van der Waals surface area contributed by atoms with Gasteiger partial charge in [0.05, 0.1) is 13.2 Å². The first kappa shape index (κ1) is 7.53. The van der Waals surface area contributed by atoms with E-state index in [1.54, 1.807) is 0 Å². The van der Waals surface area contributed by atoms with E-state index in [0.717, 1.165) is 0 Å². The zero-order chi connectivity index (χ0) is 9.00. The van der Waals surface area contributed by atoms with Gasteiger partial charge in [0.15, 0.2) is 0 Å². The highest BCUT2D eigenvalue weighted by molar-refractivity contribution is 5.88. The molecular formula is C9H10O4. The van der Waals surface area contributed by atoms with Crippen LogP contribution in [0.2, 0.25) is 0 Å². The number of esters is 1. The molecular weight excluding hydrogens is 172 g/mol. The van der Waals surface area contributed by atoms with Crippen molar-refractivity contribution in [1.29, 1.82) is 0 Å². The normalized spacial score (nSPS) is 45.2. The van der Waals surface area contributed by atoms with E-state index in [1.807, 2.05) is 6.08 Å². The quantitative estimate of drug-likeness (QED) is 0.424. The zero-order valence-corrected chi connectivity index (χ0v) is 7.23. The van der Waals surface area contributed by atoms with E-state index in [9.17, 15) is 4.79 Å². The molecule has 0 aromatic heterocycles. The minimum Gasteiger partial charge on any atom is -0.466 e. The van der Waals surface area contributed by atoms with E-state index in [0.29, 0.717) is 12.0 Å². The van der Waals surface area contributed by atoms with Crippen LogP contribution in [0.25, 0.3) is 0 Å². The predicted octanol–water partition coefficient (Wildman–Crippen LogP) is 0.0243. The molecule has 4 unspecified atom stereocenters. The summed E-state index contributed by atoms with van der Waals surface area (Å²) in [6.45, 7) is 0. The summed E-state index contributed by atoms with van der Waals surface area (Å²) in [5, 5.41) is 0. The van der Waals surface area contributed by atoms with Crippen LogP contribution in [0.15, 0.2) is 11.6 Å². The molecule has 2 saturated heterocycles. The zero-order valence-electron chi connectivity index (χ0n) is 7.23. The number of carbonyl (C=O) groups excluding carboxylic acids is 1. The Morgan fingerprint density at radius 2 is 2.38 bits per heavy atom. The van der Waals surface area contributed by atoms with E-state index in [2.05, 4.69) is 4.74 Å². The molecule has 13 heavy (non-hydrogen) atoms. The standard InChI is InChI=1S/C9H10O4/c1-11-9(10)4-2-5-7(12-5)8-6(3-4)13-8/h2,5-8H,3H2,1H3. The number of hydrogen-bond acceptors (Lipinski definition) is 4. The number of fused-ring (bicyclic) bond motifs is 3. The fourth-order valence-electron chi connectivity index (χ4n) is 1.91. The summed E-state index contributed by atoms with van der Waals surface area (Å²) in [4.78, 5) is 11.2. The first-order valence-corrected chi connectivity index (χ1v) is 4.39. The second-order valence-corrected chi connectivity index (χ2v) is 3.59. The van der Waals surface area contributed by atoms with Gasteiger partial charge in [0.2, 0.25) is 0 Å². The van der Waals surface area contributed by atoms with Crippen molar-refractivity contribution < 1.29 is 19.0 Å². The van der Waals surface area contributed by atoms with Gasteiger partial charge in [0, 0.05) is 12.0 Å². The molecule has 0 saturated carbocycles. The molecule has 3 aliphatic rings. The molecule has 2 heterocycles. The Bertz CT molecular complexity index is 296. The van der Waals surface area contributed by atoms with Crippen LogP contribution in [-0.2, 0) is 19.0 Å². The largest absolute Gasteiger partial charge is 0.466 e. The number of carbonyl (C=O) groups is 1. The first-order chi connectivity index (χ1) is 6.29. The molecule has 1 aliphatic carbocycles. The van der Waals surface area contributed by atoms with Gasteiger partial charge >= 0.3 is 5.97 Å². The molecule has 2 aliphatic heterocycles. The SMILES string of the molecule is COC(=O)C1=CC2OC2C2OC2C1. The highest BCUT2D eigenvalue weighted by Crippen LogP contribution is 2.45. The molecule has 4 heteroatoms. The van der Waals surface area contributed by atoms with Crippen molar-refractivity contribution in [2.24, 2.45) is 0 Å². The summed E-state index contributed by atoms with van der Waals surface area (Å²) >= 11 is 0. The van der Waals surface area contributed by atoms with Crippen molar-refractivity contribution in [2.75, 3.05) is 7.11 Å². The van der Waals surface area contributed by atoms with Gasteiger partial charge in [-0.3, -0.25) is 0 Å². The van der Waals surface area contributed by atoms with Crippen LogP contribution < -0.4 is 0 Å². The maximum Gasteiger partial charge on any atom is 0.333 e. The van der Waals surface area contributed by atoms with E-state index < -0.39 is 0 Å². The number of epoxide rings is 2. The lowest BCUT2D eigenvalue weighted by Gasteiger charge is -2.01. The van der Waals surface area contributed by atoms with Crippen molar-refractivity contribution in [3.63, 3.8) is 0 Å². The molecule has 2 fully saturated rings. The Morgan fingerprint density at radius 1 is 1.54 bits per heavy atom. The maximum atomic E-state index is 11.2. The van der Waals surface area contributed by atoms with E-state index in [4.69, 9.17) is 9.47 Å². The van der Waals surface area contributed by atoms with Crippen LogP contribution in [0.5, 0.6) is 0 Å². The highest BCUT2D eigenvalue weighted by Gasteiger charge is 2.58. The molecule has 0 radical (unpaired) electrons. The smallest absolute Gasteiger partial charge is 0.333 e. The Labute approximate surface area is 75.5 Å². The van der Waals surface area contributed by atoms with E-state index in [-0.39, 0.29) is 30.4 Å². The van der Waals surface area contributed by atoms with Crippen molar-refractivity contribution in [2.45, 2.75) is 30.8 Å². The minimum absolute atomic E-state index is 0.0894. The van der Waals surface area contributed by atoms with Crippen LogP contribution in [0, 0.1) is 0 Å². The van der Waals surface area contributed by atoms with Crippen LogP contribution in [0.3, 0.4) is 0 Å². The molecule has 0 aromatic rings. The van der Waals surface area contributed by atoms with Crippen molar-refractivity contribution in [3.05, 3.63) is 11.6 Å². The van der Waals surface area contributed by atoms with Crippen molar-refractivity contribution >= 4 is 5.97 Å². The molecule has 0 spiro atoms. The third-order valence-corrected chi connectivity index (χ3v) is 2.74. The Balaban J connectivity index is 1.83. The number of hydrogen-bond donors (Lipinski definition) is 0. The summed E-state index contributed by atoms with van der Waals surface area (Å²) in [6, 6.07) is 0. The number of methoxy groups -OCH3 is 1. The highest BCUT2D eigenvalue weighted by atomic mass is 16.7. The van der Waals surface area contributed by atoms with Crippen LogP contribution in [0.1, 0.15) is 6.42 Å². The summed E-state index contributed by atoms with van der Waals surface area (Å²) in [5.41, 5.74) is 0.694. The van der Waals surface area contributed by atoms with Crippen molar-refractivity contribution in [1.82, 2.24) is 0 Å². The van der Waals surface area contributed by atoms with Crippen LogP contribution in [0.4, 0.5) is 0 Å². The van der Waals surface area contributed by atoms with Crippen molar-refractivity contribution in [3.8, 4) is 0 Å². The summed E-state index contributed by atoms with van der Waals surface area (Å²) in [6.07, 6.45) is 3.24. The number of ether oxygens (including phenoxy) is 3. The lowest BCUT2D eigenvalue weighted by atomic mass is 10.1. The Hall–Kier alpha value is -0.870. The van der Waals surface area contributed by atoms with Gasteiger partial charge in [-0.2, -0.15) is 0 Å². The molecule has 0 amide bonds. The van der Waals surface area contributed by atoms with Gasteiger partial charge in [-0.1, -0.05) is 0 Å². The summed E-state index contributed by atoms with van der Waals surface area (Å²) in [7, 11) is 1.39. The molecule has 0 bridgehead atoms. The van der Waals surface area contributed by atoms with Crippen LogP contribution in [-0.4, -0.2) is 37.5 Å². The fourth-order valence-corrected chi connectivity index (χ4v) is 1.91. The molecule has 4 atom stereocenters. The summed E-state index contributed by atoms with van der Waals surface area (Å²) in [5.74, 6) is -0.259. The Kier molecular flexibility index (Phi) is 1.35. The van der Waals surface area contributed by atoms with Crippen LogP contribution >= 0.6 is 0 Å². The average molecular weight is 182 g/mol.